The van der Waals surface area contributed by atoms with Crippen LogP contribution in [0.3, 0.4) is 0 Å². The number of nitrogens with one attached hydrogen (secondary N) is 2. The molecule has 1 aliphatic heterocycles. The third-order valence-electron chi connectivity index (χ3n) is 5.54. The molecule has 178 valence electrons. The number of hydrogen-bond donors (Lipinski definition) is 3. The predicted molar refractivity (Wildman–Crippen MR) is 136 cm³/mol. The lowest BCUT2D eigenvalue weighted by Gasteiger charge is -2.10. The van der Waals surface area contributed by atoms with Gasteiger partial charge in [-0.15, -0.1) is 0 Å². The molecule has 3 N–H and O–H groups in total. The van der Waals surface area contributed by atoms with E-state index in [0.717, 1.165) is 10.8 Å². The summed E-state index contributed by atoms with van der Waals surface area (Å²) in [7, 11) is 0. The van der Waals surface area contributed by atoms with E-state index < -0.39 is 11.8 Å². The van der Waals surface area contributed by atoms with Crippen LogP contribution in [-0.4, -0.2) is 29.9 Å². The topological polar surface area (TPSA) is 109 Å². The minimum Gasteiger partial charge on any atom is -0.507 e. The molecule has 0 saturated heterocycles. The van der Waals surface area contributed by atoms with Crippen LogP contribution >= 0.6 is 0 Å². The maximum Gasteiger partial charge on any atom is 0.287 e. The van der Waals surface area contributed by atoms with E-state index in [-0.39, 0.29) is 18.2 Å². The quantitative estimate of drug-likeness (QED) is 0.218. The summed E-state index contributed by atoms with van der Waals surface area (Å²) in [5.74, 6) is 0.0786. The average molecular weight is 479 g/mol. The lowest BCUT2D eigenvalue weighted by Crippen LogP contribution is -2.32. The standard InChI is InChI=1S/C28H21N3O5/c32-24-12-11-19-6-4-5-9-21(19)22(24)16-29-31-28(34)23(30-27(33)20-7-2-1-3-8-20)14-18-10-13-25-26(15-18)36-17-35-25/h1-16,32H,17H2,(H,30,33)(H,31,34)/b23-14+,29-16-. The van der Waals surface area contributed by atoms with Gasteiger partial charge in [0.2, 0.25) is 6.79 Å². The number of aromatic hydroxyl groups is 1. The summed E-state index contributed by atoms with van der Waals surface area (Å²) in [6.45, 7) is 0.121. The molecule has 4 aromatic rings. The summed E-state index contributed by atoms with van der Waals surface area (Å²) >= 11 is 0. The first-order chi connectivity index (χ1) is 17.6. The lowest BCUT2D eigenvalue weighted by molar-refractivity contribution is -0.117. The van der Waals surface area contributed by atoms with E-state index in [4.69, 9.17) is 9.47 Å². The number of carbonyl (C=O) groups is 2. The van der Waals surface area contributed by atoms with Crippen LogP contribution in [-0.2, 0) is 4.79 Å². The van der Waals surface area contributed by atoms with Crippen molar-refractivity contribution in [2.45, 2.75) is 0 Å². The van der Waals surface area contributed by atoms with E-state index in [1.54, 1.807) is 60.7 Å². The number of fused-ring (bicyclic) bond motifs is 2. The molecule has 1 aliphatic rings. The zero-order valence-electron chi connectivity index (χ0n) is 19.0. The molecule has 8 heteroatoms. The first-order valence-corrected chi connectivity index (χ1v) is 11.1. The number of benzene rings is 4. The van der Waals surface area contributed by atoms with Crippen molar-refractivity contribution in [2.75, 3.05) is 6.79 Å². The summed E-state index contributed by atoms with van der Waals surface area (Å²) < 4.78 is 10.7. The fourth-order valence-corrected chi connectivity index (χ4v) is 3.75. The second kappa shape index (κ2) is 10.0. The summed E-state index contributed by atoms with van der Waals surface area (Å²) in [5, 5.41) is 18.7. The Hall–Kier alpha value is -5.11. The maximum absolute atomic E-state index is 13.1. The molecule has 0 aliphatic carbocycles. The number of ether oxygens (including phenoxy) is 2. The molecule has 0 unspecified atom stereocenters. The van der Waals surface area contributed by atoms with E-state index in [9.17, 15) is 14.7 Å². The molecule has 1 heterocycles. The Balaban J connectivity index is 1.41. The summed E-state index contributed by atoms with van der Waals surface area (Å²) in [5.41, 5.74) is 3.88. The second-order valence-corrected chi connectivity index (χ2v) is 7.91. The van der Waals surface area contributed by atoms with Gasteiger partial charge in [0.1, 0.15) is 11.4 Å². The monoisotopic (exact) mass is 479 g/mol. The largest absolute Gasteiger partial charge is 0.507 e. The molecular formula is C28H21N3O5. The highest BCUT2D eigenvalue weighted by Gasteiger charge is 2.17. The van der Waals surface area contributed by atoms with Gasteiger partial charge in [0.05, 0.1) is 6.21 Å². The van der Waals surface area contributed by atoms with Gasteiger partial charge in [-0.25, -0.2) is 5.43 Å². The van der Waals surface area contributed by atoms with E-state index in [1.165, 1.54) is 12.3 Å². The number of amides is 2. The first kappa shape index (κ1) is 22.7. The Labute approximate surface area is 206 Å². The zero-order chi connectivity index (χ0) is 24.9. The third kappa shape index (κ3) is 4.88. The van der Waals surface area contributed by atoms with Crippen molar-refractivity contribution in [1.82, 2.24) is 10.7 Å². The van der Waals surface area contributed by atoms with Gasteiger partial charge in [-0.3, -0.25) is 9.59 Å². The summed E-state index contributed by atoms with van der Waals surface area (Å²) in [6.07, 6.45) is 2.88. The lowest BCUT2D eigenvalue weighted by atomic mass is 10.0. The summed E-state index contributed by atoms with van der Waals surface area (Å²) in [6, 6.07) is 24.6. The molecular weight excluding hydrogens is 458 g/mol. The van der Waals surface area contributed by atoms with Crippen molar-refractivity contribution in [1.29, 1.82) is 0 Å². The molecule has 0 spiro atoms. The van der Waals surface area contributed by atoms with Crippen LogP contribution in [0.5, 0.6) is 17.2 Å². The Kier molecular flexibility index (Phi) is 6.31. The second-order valence-electron chi connectivity index (χ2n) is 7.91. The number of carbonyl (C=O) groups excluding carboxylic acids is 2. The molecule has 8 nitrogen and oxygen atoms in total. The highest BCUT2D eigenvalue weighted by molar-refractivity contribution is 6.06. The van der Waals surface area contributed by atoms with Crippen LogP contribution in [0.15, 0.2) is 95.7 Å². The molecule has 0 atom stereocenters. The van der Waals surface area contributed by atoms with E-state index in [1.807, 2.05) is 24.3 Å². The summed E-state index contributed by atoms with van der Waals surface area (Å²) in [4.78, 5) is 25.8. The fraction of sp³-hybridized carbons (Fsp3) is 0.0357. The van der Waals surface area contributed by atoms with Crippen LogP contribution in [0.4, 0.5) is 0 Å². The number of phenolic OH excluding ortho intramolecular Hbond substituents is 1. The minimum absolute atomic E-state index is 0.0259. The van der Waals surface area contributed by atoms with Gasteiger partial charge in [0.25, 0.3) is 11.8 Å². The van der Waals surface area contributed by atoms with Gasteiger partial charge in [0.15, 0.2) is 11.5 Å². The number of nitrogens with zero attached hydrogens (tertiary/aromatic N) is 1. The van der Waals surface area contributed by atoms with Gasteiger partial charge in [0, 0.05) is 11.1 Å². The van der Waals surface area contributed by atoms with E-state index in [0.29, 0.717) is 28.2 Å². The van der Waals surface area contributed by atoms with Crippen LogP contribution in [0.2, 0.25) is 0 Å². The molecule has 36 heavy (non-hydrogen) atoms. The molecule has 0 saturated carbocycles. The van der Waals surface area contributed by atoms with E-state index in [2.05, 4.69) is 15.8 Å². The van der Waals surface area contributed by atoms with Gasteiger partial charge in [-0.05, 0) is 52.7 Å². The minimum atomic E-state index is -0.645. The number of hydrazone groups is 1. The molecule has 0 bridgehead atoms. The van der Waals surface area contributed by atoms with E-state index >= 15 is 0 Å². The number of rotatable bonds is 6. The number of hydrogen-bond acceptors (Lipinski definition) is 6. The highest BCUT2D eigenvalue weighted by Crippen LogP contribution is 2.33. The predicted octanol–water partition coefficient (Wildman–Crippen LogP) is 4.20. The normalized spacial score (nSPS) is 12.6. The van der Waals surface area contributed by atoms with Crippen LogP contribution in [0.1, 0.15) is 21.5 Å². The third-order valence-corrected chi connectivity index (χ3v) is 5.54. The molecule has 5 rings (SSSR count). The zero-order valence-corrected chi connectivity index (χ0v) is 19.0. The molecule has 4 aromatic carbocycles. The Morgan fingerprint density at radius 3 is 2.53 bits per heavy atom. The van der Waals surface area contributed by atoms with Crippen molar-refractivity contribution in [2.24, 2.45) is 5.10 Å². The fourth-order valence-electron chi connectivity index (χ4n) is 3.75. The highest BCUT2D eigenvalue weighted by atomic mass is 16.7. The average Bonchev–Trinajstić information content (AvgIpc) is 3.38. The Morgan fingerprint density at radius 2 is 1.67 bits per heavy atom. The van der Waals surface area contributed by atoms with Crippen LogP contribution < -0.4 is 20.2 Å². The SMILES string of the molecule is O=C(N/N=C\c1c(O)ccc2ccccc12)/C(=C\c1ccc2c(c1)OCO2)NC(=O)c1ccccc1. The number of phenols is 1. The van der Waals surface area contributed by atoms with Gasteiger partial charge < -0.3 is 19.9 Å². The van der Waals surface area contributed by atoms with Gasteiger partial charge in [-0.1, -0.05) is 54.6 Å². The van der Waals surface area contributed by atoms with Crippen LogP contribution in [0.25, 0.3) is 16.8 Å². The molecule has 0 radical (unpaired) electrons. The van der Waals surface area contributed by atoms with Gasteiger partial charge >= 0.3 is 0 Å². The van der Waals surface area contributed by atoms with Crippen LogP contribution in [0, 0.1) is 0 Å². The first-order valence-electron chi connectivity index (χ1n) is 11.1. The van der Waals surface area contributed by atoms with Crippen molar-refractivity contribution in [3.05, 3.63) is 107 Å². The van der Waals surface area contributed by atoms with Crippen molar-refractivity contribution in [3.63, 3.8) is 0 Å². The maximum atomic E-state index is 13.1. The smallest absolute Gasteiger partial charge is 0.287 e. The van der Waals surface area contributed by atoms with Crippen molar-refractivity contribution >= 4 is 34.9 Å². The molecule has 0 fully saturated rings. The Morgan fingerprint density at radius 1 is 0.889 bits per heavy atom. The van der Waals surface area contributed by atoms with Crippen molar-refractivity contribution in [3.8, 4) is 17.2 Å². The van der Waals surface area contributed by atoms with Crippen molar-refractivity contribution < 1.29 is 24.2 Å². The molecule has 2 amide bonds. The molecule has 0 aromatic heterocycles. The van der Waals surface area contributed by atoms with Gasteiger partial charge in [-0.2, -0.15) is 5.10 Å². The Bertz CT molecular complexity index is 1510.